The zero-order valence-electron chi connectivity index (χ0n) is 9.81. The number of oxazole rings is 1. The summed E-state index contributed by atoms with van der Waals surface area (Å²) in [5.41, 5.74) is 1.83. The summed E-state index contributed by atoms with van der Waals surface area (Å²) in [5.74, 6) is -0.687. The number of para-hydroxylation sites is 1. The number of thiophene rings is 1. The standard InChI is InChI=1S/C13H8ClNO3S/c1-6-5-19-11(9(6)14)12-15-8-4-2-3-7(13(16)17)10(8)18-12/h2-5H,1H3,(H,16,17). The lowest BCUT2D eigenvalue weighted by Gasteiger charge is -1.93. The van der Waals surface area contributed by atoms with Crippen LogP contribution in [-0.2, 0) is 0 Å². The smallest absolute Gasteiger partial charge is 0.339 e. The van der Waals surface area contributed by atoms with Gasteiger partial charge in [0.05, 0.1) is 5.02 Å². The summed E-state index contributed by atoms with van der Waals surface area (Å²) in [5, 5.41) is 11.6. The molecule has 0 unspecified atom stereocenters. The van der Waals surface area contributed by atoms with E-state index in [1.165, 1.54) is 17.4 Å². The molecule has 0 saturated heterocycles. The molecule has 19 heavy (non-hydrogen) atoms. The molecule has 0 fully saturated rings. The van der Waals surface area contributed by atoms with Crippen molar-refractivity contribution in [2.24, 2.45) is 0 Å². The normalized spacial score (nSPS) is 11.1. The van der Waals surface area contributed by atoms with E-state index in [-0.39, 0.29) is 11.1 Å². The molecule has 2 aromatic heterocycles. The maximum atomic E-state index is 11.1. The molecule has 0 radical (unpaired) electrons. The Morgan fingerprint density at radius 2 is 2.26 bits per heavy atom. The van der Waals surface area contributed by atoms with Crippen molar-refractivity contribution in [2.45, 2.75) is 6.92 Å². The minimum absolute atomic E-state index is 0.0978. The van der Waals surface area contributed by atoms with E-state index < -0.39 is 5.97 Å². The number of fused-ring (bicyclic) bond motifs is 1. The van der Waals surface area contributed by atoms with E-state index in [2.05, 4.69) is 4.98 Å². The first kappa shape index (κ1) is 12.2. The van der Waals surface area contributed by atoms with E-state index in [4.69, 9.17) is 21.1 Å². The third-order valence-electron chi connectivity index (χ3n) is 2.74. The van der Waals surface area contributed by atoms with Gasteiger partial charge in [0, 0.05) is 0 Å². The van der Waals surface area contributed by atoms with E-state index in [9.17, 15) is 4.79 Å². The monoisotopic (exact) mass is 293 g/mol. The van der Waals surface area contributed by atoms with Crippen LogP contribution in [-0.4, -0.2) is 16.1 Å². The molecule has 0 spiro atoms. The number of carbonyl (C=O) groups is 1. The molecule has 6 heteroatoms. The number of halogens is 1. The fraction of sp³-hybridized carbons (Fsp3) is 0.0769. The molecule has 2 heterocycles. The number of carboxylic acid groups (broad SMARTS) is 1. The summed E-state index contributed by atoms with van der Waals surface area (Å²) < 4.78 is 5.57. The lowest BCUT2D eigenvalue weighted by Crippen LogP contribution is -1.95. The molecule has 1 N–H and O–H groups in total. The molecular weight excluding hydrogens is 286 g/mol. The van der Waals surface area contributed by atoms with Gasteiger partial charge in [0.25, 0.3) is 0 Å². The van der Waals surface area contributed by atoms with Gasteiger partial charge in [0.2, 0.25) is 5.89 Å². The van der Waals surface area contributed by atoms with E-state index >= 15 is 0 Å². The van der Waals surface area contributed by atoms with Crippen LogP contribution in [0.15, 0.2) is 28.0 Å². The maximum absolute atomic E-state index is 11.1. The molecule has 3 rings (SSSR count). The highest BCUT2D eigenvalue weighted by Crippen LogP contribution is 2.37. The highest BCUT2D eigenvalue weighted by molar-refractivity contribution is 7.14. The molecule has 96 valence electrons. The van der Waals surface area contributed by atoms with E-state index in [1.807, 2.05) is 12.3 Å². The van der Waals surface area contributed by atoms with Crippen molar-refractivity contribution < 1.29 is 14.3 Å². The number of benzene rings is 1. The highest BCUT2D eigenvalue weighted by atomic mass is 35.5. The average molecular weight is 294 g/mol. The van der Waals surface area contributed by atoms with Gasteiger partial charge in [-0.3, -0.25) is 0 Å². The molecule has 1 aromatic carbocycles. The van der Waals surface area contributed by atoms with Gasteiger partial charge in [-0.05, 0) is 30.0 Å². The van der Waals surface area contributed by atoms with Gasteiger partial charge in [-0.25, -0.2) is 9.78 Å². The van der Waals surface area contributed by atoms with E-state index in [1.54, 1.807) is 12.1 Å². The second-order valence-electron chi connectivity index (χ2n) is 4.04. The first-order valence-corrected chi connectivity index (χ1v) is 6.70. The van der Waals surface area contributed by atoms with Crippen LogP contribution >= 0.6 is 22.9 Å². The van der Waals surface area contributed by atoms with Crippen LogP contribution in [0.4, 0.5) is 0 Å². The lowest BCUT2D eigenvalue weighted by molar-refractivity contribution is 0.0698. The zero-order valence-corrected chi connectivity index (χ0v) is 11.4. The van der Waals surface area contributed by atoms with Crippen molar-refractivity contribution in [2.75, 3.05) is 0 Å². The Kier molecular flexibility index (Phi) is 2.80. The topological polar surface area (TPSA) is 63.3 Å². The number of rotatable bonds is 2. The first-order chi connectivity index (χ1) is 9.08. The molecule has 3 aromatic rings. The van der Waals surface area contributed by atoms with Crippen molar-refractivity contribution in [1.29, 1.82) is 0 Å². The predicted octanol–water partition coefficient (Wildman–Crippen LogP) is 4.22. The predicted molar refractivity (Wildman–Crippen MR) is 74.0 cm³/mol. The molecular formula is C13H8ClNO3S. The second kappa shape index (κ2) is 4.36. The molecule has 0 aliphatic heterocycles. The van der Waals surface area contributed by atoms with Crippen molar-refractivity contribution in [1.82, 2.24) is 4.98 Å². The third-order valence-corrected chi connectivity index (χ3v) is 4.42. The summed E-state index contributed by atoms with van der Waals surface area (Å²) in [4.78, 5) is 16.1. The minimum atomic E-state index is -1.04. The van der Waals surface area contributed by atoms with Crippen LogP contribution in [0.2, 0.25) is 5.02 Å². The second-order valence-corrected chi connectivity index (χ2v) is 5.30. The van der Waals surface area contributed by atoms with Gasteiger partial charge >= 0.3 is 5.97 Å². The number of carboxylic acids is 1. The number of aromatic carboxylic acids is 1. The molecule has 0 bridgehead atoms. The molecule has 4 nitrogen and oxygen atoms in total. The van der Waals surface area contributed by atoms with Crippen LogP contribution < -0.4 is 0 Å². The van der Waals surface area contributed by atoms with Crippen LogP contribution in [0.25, 0.3) is 21.9 Å². The molecule has 0 aliphatic carbocycles. The Labute approximate surface area is 117 Å². The summed E-state index contributed by atoms with van der Waals surface area (Å²) in [6.45, 7) is 1.90. The average Bonchev–Trinajstić information content (AvgIpc) is 2.93. The quantitative estimate of drug-likeness (QED) is 0.768. The molecule has 0 aliphatic rings. The van der Waals surface area contributed by atoms with E-state index in [0.29, 0.717) is 21.3 Å². The Morgan fingerprint density at radius 1 is 1.47 bits per heavy atom. The van der Waals surface area contributed by atoms with Crippen LogP contribution in [0.5, 0.6) is 0 Å². The number of hydrogen-bond acceptors (Lipinski definition) is 4. The number of hydrogen-bond donors (Lipinski definition) is 1. The third kappa shape index (κ3) is 1.91. The first-order valence-electron chi connectivity index (χ1n) is 5.44. The van der Waals surface area contributed by atoms with Crippen molar-refractivity contribution >= 4 is 40.0 Å². The summed E-state index contributed by atoms with van der Waals surface area (Å²) in [7, 11) is 0. The Bertz CT molecular complexity index is 790. The van der Waals surface area contributed by atoms with Gasteiger partial charge in [0.15, 0.2) is 5.58 Å². The SMILES string of the molecule is Cc1csc(-c2nc3cccc(C(=O)O)c3o2)c1Cl. The molecule has 0 amide bonds. The summed E-state index contributed by atoms with van der Waals surface area (Å²) >= 11 is 7.59. The Balaban J connectivity index is 2.25. The highest BCUT2D eigenvalue weighted by Gasteiger charge is 2.18. The minimum Gasteiger partial charge on any atom is -0.478 e. The fourth-order valence-electron chi connectivity index (χ4n) is 1.79. The summed E-state index contributed by atoms with van der Waals surface area (Å²) in [6, 6.07) is 4.84. The lowest BCUT2D eigenvalue weighted by atomic mass is 10.2. The maximum Gasteiger partial charge on any atom is 0.339 e. The number of aryl methyl sites for hydroxylation is 1. The van der Waals surface area contributed by atoms with Crippen LogP contribution in [0, 0.1) is 6.92 Å². The van der Waals surface area contributed by atoms with Crippen molar-refractivity contribution in [3.05, 3.63) is 39.7 Å². The largest absolute Gasteiger partial charge is 0.478 e. The van der Waals surface area contributed by atoms with Gasteiger partial charge in [0.1, 0.15) is 16.0 Å². The van der Waals surface area contributed by atoms with Gasteiger partial charge < -0.3 is 9.52 Å². The zero-order chi connectivity index (χ0) is 13.6. The molecule has 0 saturated carbocycles. The Morgan fingerprint density at radius 3 is 2.89 bits per heavy atom. The van der Waals surface area contributed by atoms with Gasteiger partial charge in [-0.1, -0.05) is 17.7 Å². The van der Waals surface area contributed by atoms with Crippen molar-refractivity contribution in [3.8, 4) is 10.8 Å². The summed E-state index contributed by atoms with van der Waals surface area (Å²) in [6.07, 6.45) is 0. The van der Waals surface area contributed by atoms with Crippen LogP contribution in [0.3, 0.4) is 0 Å². The van der Waals surface area contributed by atoms with Crippen molar-refractivity contribution in [3.63, 3.8) is 0 Å². The van der Waals surface area contributed by atoms with Gasteiger partial charge in [-0.15, -0.1) is 11.3 Å². The van der Waals surface area contributed by atoms with Gasteiger partial charge in [-0.2, -0.15) is 0 Å². The fourth-order valence-corrected chi connectivity index (χ4v) is 2.99. The number of aromatic nitrogens is 1. The van der Waals surface area contributed by atoms with E-state index in [0.717, 1.165) is 5.56 Å². The number of nitrogens with zero attached hydrogens (tertiary/aromatic N) is 1. The Hall–Kier alpha value is -1.85. The van der Waals surface area contributed by atoms with Crippen LogP contribution in [0.1, 0.15) is 15.9 Å². The molecule has 0 atom stereocenters.